The fourth-order valence-electron chi connectivity index (χ4n) is 3.57. The quantitative estimate of drug-likeness (QED) is 0.289. The van der Waals surface area contributed by atoms with Crippen molar-refractivity contribution in [2.75, 3.05) is 11.9 Å². The first kappa shape index (κ1) is 22.1. The third-order valence-electron chi connectivity index (χ3n) is 5.27. The summed E-state index contributed by atoms with van der Waals surface area (Å²) in [5, 5.41) is 3.14. The topological polar surface area (TPSA) is 84.1 Å². The molecule has 0 fully saturated rings. The molecule has 1 aliphatic heterocycles. The summed E-state index contributed by atoms with van der Waals surface area (Å²) in [5.74, 6) is 0.712. The molecule has 6 nitrogen and oxygen atoms in total. The van der Waals surface area contributed by atoms with E-state index in [1.807, 2.05) is 24.3 Å². The molecule has 1 aromatic heterocycles. The lowest BCUT2D eigenvalue weighted by Gasteiger charge is -2.24. The molecule has 0 saturated carbocycles. The van der Waals surface area contributed by atoms with E-state index in [-0.39, 0.29) is 29.6 Å². The Morgan fingerprint density at radius 1 is 1.12 bits per heavy atom. The Labute approximate surface area is 189 Å². The van der Waals surface area contributed by atoms with Crippen LogP contribution >= 0.6 is 11.8 Å². The average molecular weight is 454 g/mol. The monoisotopic (exact) mass is 453 g/mol. The van der Waals surface area contributed by atoms with Crippen molar-refractivity contribution in [1.82, 2.24) is 9.97 Å². The van der Waals surface area contributed by atoms with Crippen molar-refractivity contribution in [1.29, 1.82) is 0 Å². The molecule has 0 bridgehead atoms. The highest BCUT2D eigenvalue weighted by atomic mass is 32.2. The van der Waals surface area contributed by atoms with Crippen LogP contribution in [0.5, 0.6) is 5.75 Å². The lowest BCUT2D eigenvalue weighted by molar-refractivity contribution is -0.116. The number of nitrogens with zero attached hydrogens (tertiary/aromatic N) is 1. The number of nitrogens with one attached hydrogen (secondary N) is 2. The van der Waals surface area contributed by atoms with E-state index in [0.717, 1.165) is 29.7 Å². The number of anilines is 1. The molecule has 0 aliphatic carbocycles. The summed E-state index contributed by atoms with van der Waals surface area (Å²) < 4.78 is 18.8. The van der Waals surface area contributed by atoms with E-state index in [4.69, 9.17) is 4.74 Å². The number of unbranched alkanes of at least 4 members (excludes halogenated alkanes) is 1. The van der Waals surface area contributed by atoms with Crippen LogP contribution in [0.1, 0.15) is 48.8 Å². The number of aromatic nitrogens is 2. The van der Waals surface area contributed by atoms with E-state index in [0.29, 0.717) is 28.9 Å². The Balaban J connectivity index is 1.55. The molecule has 1 aliphatic rings. The van der Waals surface area contributed by atoms with E-state index >= 15 is 0 Å². The largest absolute Gasteiger partial charge is 0.494 e. The minimum absolute atomic E-state index is 0.176. The Morgan fingerprint density at radius 3 is 2.59 bits per heavy atom. The number of H-pyrrole nitrogens is 1. The number of carbonyl (C=O) groups is 1. The highest BCUT2D eigenvalue weighted by Crippen LogP contribution is 2.35. The second-order valence-electron chi connectivity index (χ2n) is 7.62. The third-order valence-corrected chi connectivity index (χ3v) is 6.21. The summed E-state index contributed by atoms with van der Waals surface area (Å²) >= 11 is 1.32. The second-order valence-corrected chi connectivity index (χ2v) is 8.59. The number of hydrogen-bond donors (Lipinski definition) is 2. The Hall–Kier alpha value is -3.13. The number of thioether (sulfide) groups is 1. The molecule has 166 valence electrons. The molecule has 2 N–H and O–H groups in total. The summed E-state index contributed by atoms with van der Waals surface area (Å²) in [6.45, 7) is 2.77. The van der Waals surface area contributed by atoms with E-state index in [1.54, 1.807) is 12.1 Å². The maximum Gasteiger partial charge on any atom is 0.257 e. The molecular weight excluding hydrogens is 429 g/mol. The number of halogens is 1. The van der Waals surface area contributed by atoms with Crippen molar-refractivity contribution < 1.29 is 13.9 Å². The molecule has 3 aromatic rings. The molecule has 1 amide bonds. The van der Waals surface area contributed by atoms with Crippen LogP contribution in [0.3, 0.4) is 0 Å². The normalized spacial score (nSPS) is 15.2. The van der Waals surface area contributed by atoms with Crippen molar-refractivity contribution >= 4 is 23.5 Å². The van der Waals surface area contributed by atoms with Gasteiger partial charge in [-0.25, -0.2) is 9.37 Å². The molecule has 1 unspecified atom stereocenters. The summed E-state index contributed by atoms with van der Waals surface area (Å²) in [4.78, 5) is 32.6. The van der Waals surface area contributed by atoms with Crippen LogP contribution in [0.4, 0.5) is 10.2 Å². The van der Waals surface area contributed by atoms with Crippen LogP contribution in [0.25, 0.3) is 0 Å². The lowest BCUT2D eigenvalue weighted by Crippen LogP contribution is -2.31. The van der Waals surface area contributed by atoms with Gasteiger partial charge in [0.05, 0.1) is 12.2 Å². The van der Waals surface area contributed by atoms with Crippen LogP contribution in [-0.2, 0) is 10.5 Å². The highest BCUT2D eigenvalue weighted by molar-refractivity contribution is 7.98. The standard InChI is InChI=1S/C24H24FN3O3S/c1-2-3-12-31-18-10-6-16(7-11-18)19-13-20(29)26-22-21(19)23(30)28-24(27-22)32-14-15-4-8-17(25)9-5-15/h4-11,19H,2-3,12-14H2,1H3,(H2,26,27,28,29,30). The number of hydrogen-bond acceptors (Lipinski definition) is 5. The van der Waals surface area contributed by atoms with E-state index in [9.17, 15) is 14.0 Å². The minimum Gasteiger partial charge on any atom is -0.494 e. The predicted octanol–water partition coefficient (Wildman–Crippen LogP) is 4.85. The van der Waals surface area contributed by atoms with Crippen LogP contribution < -0.4 is 15.6 Å². The van der Waals surface area contributed by atoms with Crippen LogP contribution in [0.2, 0.25) is 0 Å². The van der Waals surface area contributed by atoms with Gasteiger partial charge in [0.15, 0.2) is 5.16 Å². The molecule has 4 rings (SSSR count). The Morgan fingerprint density at radius 2 is 1.88 bits per heavy atom. The first-order chi connectivity index (χ1) is 15.5. The average Bonchev–Trinajstić information content (AvgIpc) is 2.78. The summed E-state index contributed by atoms with van der Waals surface area (Å²) in [7, 11) is 0. The fourth-order valence-corrected chi connectivity index (χ4v) is 4.38. The SMILES string of the molecule is CCCCOc1ccc(C2CC(=O)Nc3nc(SCc4ccc(F)cc4)[nH]c(=O)c32)cc1. The van der Waals surface area contributed by atoms with Gasteiger partial charge >= 0.3 is 0 Å². The fraction of sp³-hybridized carbons (Fsp3) is 0.292. The number of benzene rings is 2. The molecule has 1 atom stereocenters. The molecule has 0 saturated heterocycles. The van der Waals surface area contributed by atoms with Gasteiger partial charge in [0.1, 0.15) is 17.4 Å². The number of carbonyl (C=O) groups excluding carboxylic acids is 1. The van der Waals surface area contributed by atoms with Gasteiger partial charge < -0.3 is 15.0 Å². The number of fused-ring (bicyclic) bond motifs is 1. The van der Waals surface area contributed by atoms with Gasteiger partial charge in [-0.2, -0.15) is 0 Å². The number of aromatic amines is 1. The van der Waals surface area contributed by atoms with Crippen LogP contribution in [-0.4, -0.2) is 22.5 Å². The highest BCUT2D eigenvalue weighted by Gasteiger charge is 2.31. The van der Waals surface area contributed by atoms with Gasteiger partial charge in [0.25, 0.3) is 5.56 Å². The van der Waals surface area contributed by atoms with Crippen molar-refractivity contribution in [2.45, 2.75) is 43.0 Å². The molecule has 32 heavy (non-hydrogen) atoms. The van der Waals surface area contributed by atoms with Crippen molar-refractivity contribution in [3.63, 3.8) is 0 Å². The summed E-state index contributed by atoms with van der Waals surface area (Å²) in [5.41, 5.74) is 1.95. The summed E-state index contributed by atoms with van der Waals surface area (Å²) in [6, 6.07) is 13.7. The van der Waals surface area contributed by atoms with Gasteiger partial charge in [0.2, 0.25) is 5.91 Å². The maximum absolute atomic E-state index is 13.1. The second kappa shape index (κ2) is 9.99. The zero-order valence-corrected chi connectivity index (χ0v) is 18.5. The minimum atomic E-state index is -0.379. The van der Waals surface area contributed by atoms with Gasteiger partial charge in [-0.1, -0.05) is 49.4 Å². The first-order valence-electron chi connectivity index (χ1n) is 10.6. The van der Waals surface area contributed by atoms with Gasteiger partial charge in [0, 0.05) is 18.1 Å². The van der Waals surface area contributed by atoms with Crippen molar-refractivity contribution in [2.24, 2.45) is 0 Å². The van der Waals surface area contributed by atoms with Gasteiger partial charge in [-0.3, -0.25) is 9.59 Å². The molecular formula is C24H24FN3O3S. The summed E-state index contributed by atoms with van der Waals surface area (Å²) in [6.07, 6.45) is 2.22. The van der Waals surface area contributed by atoms with Crippen molar-refractivity contribution in [3.8, 4) is 5.75 Å². The lowest BCUT2D eigenvalue weighted by atomic mass is 9.87. The van der Waals surface area contributed by atoms with Crippen LogP contribution in [0, 0.1) is 5.82 Å². The predicted molar refractivity (Wildman–Crippen MR) is 123 cm³/mol. The number of ether oxygens (including phenoxy) is 1. The molecule has 0 radical (unpaired) electrons. The Bertz CT molecular complexity index is 1150. The zero-order chi connectivity index (χ0) is 22.5. The first-order valence-corrected chi connectivity index (χ1v) is 11.6. The molecule has 2 heterocycles. The molecule has 8 heteroatoms. The van der Waals surface area contributed by atoms with Gasteiger partial charge in [-0.15, -0.1) is 0 Å². The Kier molecular flexibility index (Phi) is 6.90. The molecule has 2 aromatic carbocycles. The number of rotatable bonds is 8. The number of amides is 1. The molecule has 0 spiro atoms. The van der Waals surface area contributed by atoms with E-state index in [1.165, 1.54) is 23.9 Å². The maximum atomic E-state index is 13.1. The zero-order valence-electron chi connectivity index (χ0n) is 17.7. The van der Waals surface area contributed by atoms with Crippen LogP contribution in [0.15, 0.2) is 58.5 Å². The van der Waals surface area contributed by atoms with Gasteiger partial charge in [-0.05, 0) is 41.8 Å². The van der Waals surface area contributed by atoms with E-state index < -0.39 is 0 Å². The van der Waals surface area contributed by atoms with E-state index in [2.05, 4.69) is 22.2 Å². The smallest absolute Gasteiger partial charge is 0.257 e. The van der Waals surface area contributed by atoms with Crippen molar-refractivity contribution in [3.05, 3.63) is 81.4 Å². The third kappa shape index (κ3) is 5.19.